The van der Waals surface area contributed by atoms with Gasteiger partial charge in [0.2, 0.25) is 0 Å². The van der Waals surface area contributed by atoms with Crippen molar-refractivity contribution in [3.63, 3.8) is 0 Å². The van der Waals surface area contributed by atoms with Gasteiger partial charge < -0.3 is 9.47 Å². The van der Waals surface area contributed by atoms with Gasteiger partial charge in [-0.1, -0.05) is 41.9 Å². The second kappa shape index (κ2) is 11.5. The minimum atomic E-state index is -0.451. The van der Waals surface area contributed by atoms with Crippen molar-refractivity contribution in [1.29, 1.82) is 0 Å². The van der Waals surface area contributed by atoms with E-state index in [-0.39, 0.29) is 11.7 Å². The zero-order chi connectivity index (χ0) is 22.1. The summed E-state index contributed by atoms with van der Waals surface area (Å²) in [6, 6.07) is 12.3. The predicted octanol–water partition coefficient (Wildman–Crippen LogP) is 3.51. The summed E-state index contributed by atoms with van der Waals surface area (Å²) in [7, 11) is 0. The number of carbonyl (C=O) groups is 2. The minimum absolute atomic E-state index is 0.0495. The Bertz CT molecular complexity index is 921. The molecule has 0 aliphatic heterocycles. The third-order valence-electron chi connectivity index (χ3n) is 3.75. The monoisotopic (exact) mass is 493 g/mol. The molecule has 0 unspecified atom stereocenters. The summed E-state index contributed by atoms with van der Waals surface area (Å²) in [5.74, 6) is 0.464. The maximum absolute atomic E-state index is 12.5. The van der Waals surface area contributed by atoms with Crippen molar-refractivity contribution in [2.24, 2.45) is 5.92 Å². The Morgan fingerprint density at radius 3 is 2.53 bits per heavy atom. The van der Waals surface area contributed by atoms with Gasteiger partial charge in [0.1, 0.15) is 11.5 Å². The number of para-hydroxylation sites is 1. The van der Waals surface area contributed by atoms with Crippen molar-refractivity contribution in [2.75, 3.05) is 13.2 Å². The van der Waals surface area contributed by atoms with Crippen molar-refractivity contribution in [2.45, 2.75) is 20.8 Å². The Balaban J connectivity index is 1.80. The van der Waals surface area contributed by atoms with Gasteiger partial charge in [-0.3, -0.25) is 25.8 Å². The third-order valence-corrected chi connectivity index (χ3v) is 4.84. The van der Waals surface area contributed by atoms with Crippen LogP contribution in [0.3, 0.4) is 0 Å². The van der Waals surface area contributed by atoms with Crippen molar-refractivity contribution >= 4 is 45.1 Å². The Morgan fingerprint density at radius 1 is 1.10 bits per heavy atom. The molecule has 30 heavy (non-hydrogen) atoms. The van der Waals surface area contributed by atoms with Gasteiger partial charge in [-0.2, -0.15) is 0 Å². The standard InChI is InChI=1S/C21H24BrN3O4S/c1-13(2)11-29-18-7-5-4-6-16(18)20(27)23-21(30)25-24-19(26)12-28-15-8-9-17(22)14(3)10-15/h4-10,13H,11-12H2,1-3H3,(H,24,26)(H2,23,25,27,30). The Labute approximate surface area is 189 Å². The van der Waals surface area contributed by atoms with Crippen LogP contribution in [0.5, 0.6) is 11.5 Å². The van der Waals surface area contributed by atoms with Crippen LogP contribution in [0.1, 0.15) is 29.8 Å². The number of carbonyl (C=O) groups excluding carboxylic acids is 2. The van der Waals surface area contributed by atoms with E-state index in [0.717, 1.165) is 10.0 Å². The number of rotatable bonds is 7. The van der Waals surface area contributed by atoms with Gasteiger partial charge in [-0.25, -0.2) is 0 Å². The highest BCUT2D eigenvalue weighted by Gasteiger charge is 2.14. The first-order chi connectivity index (χ1) is 14.3. The number of nitrogens with one attached hydrogen (secondary N) is 3. The number of hydrogen-bond acceptors (Lipinski definition) is 5. The van der Waals surface area contributed by atoms with Crippen LogP contribution in [0.4, 0.5) is 0 Å². The van der Waals surface area contributed by atoms with Crippen molar-refractivity contribution in [3.8, 4) is 11.5 Å². The zero-order valence-electron chi connectivity index (χ0n) is 17.0. The molecule has 160 valence electrons. The molecule has 9 heteroatoms. The molecule has 0 bridgehead atoms. The number of thiocarbonyl (C=S) groups is 1. The van der Waals surface area contributed by atoms with Gasteiger partial charge in [0.15, 0.2) is 11.7 Å². The Kier molecular flexibility index (Phi) is 9.07. The molecule has 0 saturated heterocycles. The van der Waals surface area contributed by atoms with E-state index in [1.807, 2.05) is 32.9 Å². The van der Waals surface area contributed by atoms with Crippen LogP contribution in [0.15, 0.2) is 46.9 Å². The number of amides is 2. The van der Waals surface area contributed by atoms with E-state index in [1.54, 1.807) is 30.3 Å². The summed E-state index contributed by atoms with van der Waals surface area (Å²) >= 11 is 8.47. The highest BCUT2D eigenvalue weighted by molar-refractivity contribution is 9.10. The quantitative estimate of drug-likeness (QED) is 0.404. The summed E-state index contributed by atoms with van der Waals surface area (Å²) in [6.45, 7) is 6.24. The van der Waals surface area contributed by atoms with E-state index in [0.29, 0.717) is 29.6 Å². The number of hydrazine groups is 1. The fourth-order valence-electron chi connectivity index (χ4n) is 2.26. The van der Waals surface area contributed by atoms with Gasteiger partial charge in [0.05, 0.1) is 12.2 Å². The lowest BCUT2D eigenvalue weighted by atomic mass is 10.2. The minimum Gasteiger partial charge on any atom is -0.492 e. The van der Waals surface area contributed by atoms with Gasteiger partial charge in [-0.05, 0) is 61.0 Å². The lowest BCUT2D eigenvalue weighted by molar-refractivity contribution is -0.123. The topological polar surface area (TPSA) is 88.7 Å². The van der Waals surface area contributed by atoms with Crippen LogP contribution in [-0.4, -0.2) is 30.1 Å². The van der Waals surface area contributed by atoms with E-state index in [4.69, 9.17) is 21.7 Å². The number of hydrogen-bond donors (Lipinski definition) is 3. The van der Waals surface area contributed by atoms with Crippen LogP contribution < -0.4 is 25.6 Å². The molecule has 2 rings (SSSR count). The molecule has 2 amide bonds. The van der Waals surface area contributed by atoms with Crippen molar-refractivity contribution < 1.29 is 19.1 Å². The van der Waals surface area contributed by atoms with Gasteiger partial charge >= 0.3 is 0 Å². The van der Waals surface area contributed by atoms with Gasteiger partial charge in [0, 0.05) is 4.47 Å². The first-order valence-electron chi connectivity index (χ1n) is 9.27. The van der Waals surface area contributed by atoms with Crippen molar-refractivity contribution in [3.05, 3.63) is 58.1 Å². The van der Waals surface area contributed by atoms with Crippen LogP contribution in [-0.2, 0) is 4.79 Å². The summed E-state index contributed by atoms with van der Waals surface area (Å²) in [4.78, 5) is 24.4. The van der Waals surface area contributed by atoms with E-state index in [2.05, 4.69) is 32.1 Å². The molecule has 3 N–H and O–H groups in total. The molecule has 0 aliphatic rings. The number of aryl methyl sites for hydroxylation is 1. The summed E-state index contributed by atoms with van der Waals surface area (Å²) in [6.07, 6.45) is 0. The SMILES string of the molecule is Cc1cc(OCC(=O)NNC(=S)NC(=O)c2ccccc2OCC(C)C)ccc1Br. The first kappa shape index (κ1) is 23.6. The summed E-state index contributed by atoms with van der Waals surface area (Å²) in [5.41, 5.74) is 6.20. The predicted molar refractivity (Wildman–Crippen MR) is 122 cm³/mol. The van der Waals surface area contributed by atoms with Gasteiger partial charge in [0.25, 0.3) is 11.8 Å². The molecule has 2 aromatic rings. The third kappa shape index (κ3) is 7.64. The van der Waals surface area contributed by atoms with Crippen molar-refractivity contribution in [1.82, 2.24) is 16.2 Å². The molecule has 0 fully saturated rings. The average Bonchev–Trinajstić information content (AvgIpc) is 2.71. The lowest BCUT2D eigenvalue weighted by Crippen LogP contribution is -2.49. The smallest absolute Gasteiger partial charge is 0.276 e. The maximum atomic E-state index is 12.5. The summed E-state index contributed by atoms with van der Waals surface area (Å²) < 4.78 is 12.1. The highest BCUT2D eigenvalue weighted by atomic mass is 79.9. The number of ether oxygens (including phenoxy) is 2. The van der Waals surface area contributed by atoms with E-state index < -0.39 is 11.8 Å². The molecule has 0 aliphatic carbocycles. The second-order valence-electron chi connectivity index (χ2n) is 6.86. The van der Waals surface area contributed by atoms with Crippen LogP contribution in [0.2, 0.25) is 0 Å². The average molecular weight is 494 g/mol. The number of benzene rings is 2. The highest BCUT2D eigenvalue weighted by Crippen LogP contribution is 2.21. The Hall–Kier alpha value is -2.65. The lowest BCUT2D eigenvalue weighted by Gasteiger charge is -2.14. The number of halogens is 1. The molecule has 0 radical (unpaired) electrons. The largest absolute Gasteiger partial charge is 0.492 e. The summed E-state index contributed by atoms with van der Waals surface area (Å²) in [5, 5.41) is 2.46. The maximum Gasteiger partial charge on any atom is 0.276 e. The molecular weight excluding hydrogens is 470 g/mol. The molecule has 0 spiro atoms. The second-order valence-corrected chi connectivity index (χ2v) is 8.12. The fraction of sp³-hybridized carbons (Fsp3) is 0.286. The molecule has 0 atom stereocenters. The molecular formula is C21H24BrN3O4S. The molecule has 0 heterocycles. The van der Waals surface area contributed by atoms with Crippen LogP contribution >= 0.6 is 28.1 Å². The molecule has 0 aromatic heterocycles. The zero-order valence-corrected chi connectivity index (χ0v) is 19.4. The van der Waals surface area contributed by atoms with E-state index in [1.165, 1.54) is 0 Å². The fourth-order valence-corrected chi connectivity index (χ4v) is 2.65. The molecule has 0 saturated carbocycles. The van der Waals surface area contributed by atoms with Crippen LogP contribution in [0, 0.1) is 12.8 Å². The normalized spacial score (nSPS) is 10.3. The molecule has 7 nitrogen and oxygen atoms in total. The van der Waals surface area contributed by atoms with Crippen LogP contribution in [0.25, 0.3) is 0 Å². The molecule has 2 aromatic carbocycles. The van der Waals surface area contributed by atoms with E-state index in [9.17, 15) is 9.59 Å². The first-order valence-corrected chi connectivity index (χ1v) is 10.5. The van der Waals surface area contributed by atoms with E-state index >= 15 is 0 Å². The van der Waals surface area contributed by atoms with Gasteiger partial charge in [-0.15, -0.1) is 0 Å². The Morgan fingerprint density at radius 2 is 1.83 bits per heavy atom.